The molecule has 0 amide bonds. The number of hydrogen-bond acceptors (Lipinski definition) is 4. The van der Waals surface area contributed by atoms with Gasteiger partial charge in [-0.1, -0.05) is 24.3 Å². The zero-order chi connectivity index (χ0) is 16.4. The fourth-order valence-corrected chi connectivity index (χ4v) is 2.98. The summed E-state index contributed by atoms with van der Waals surface area (Å²) in [5.74, 6) is -0.103. The van der Waals surface area contributed by atoms with Gasteiger partial charge >= 0.3 is 0 Å². The van der Waals surface area contributed by atoms with E-state index in [4.69, 9.17) is 4.74 Å². The van der Waals surface area contributed by atoms with Crippen molar-refractivity contribution >= 4 is 22.7 Å². The first-order valence-corrected chi connectivity index (χ1v) is 8.28. The lowest BCUT2D eigenvalue weighted by atomic mass is 9.95. The number of hydrogen-bond donors (Lipinski definition) is 1. The van der Waals surface area contributed by atoms with Gasteiger partial charge in [-0.3, -0.25) is 0 Å². The molecule has 0 fully saturated rings. The van der Waals surface area contributed by atoms with E-state index in [0.717, 1.165) is 11.8 Å². The number of allylic oxidation sites excluding steroid dienone is 1. The van der Waals surface area contributed by atoms with Crippen molar-refractivity contribution in [2.75, 3.05) is 0 Å². The summed E-state index contributed by atoms with van der Waals surface area (Å²) in [4.78, 5) is 11.3. The first-order chi connectivity index (χ1) is 11.1. The number of benzene rings is 2. The Bertz CT molecular complexity index is 845. The van der Waals surface area contributed by atoms with Crippen molar-refractivity contribution in [1.82, 2.24) is 0 Å². The average Bonchev–Trinajstić information content (AvgIpc) is 2.54. The molecular formula is C17H13FO4S. The van der Waals surface area contributed by atoms with Crippen molar-refractivity contribution in [2.24, 2.45) is 0 Å². The van der Waals surface area contributed by atoms with E-state index in [1.165, 1.54) is 18.2 Å². The Hall–Kier alpha value is -2.47. The van der Waals surface area contributed by atoms with Crippen molar-refractivity contribution < 1.29 is 22.3 Å². The summed E-state index contributed by atoms with van der Waals surface area (Å²) < 4.78 is 40.5. The predicted molar refractivity (Wildman–Crippen MR) is 84.3 cm³/mol. The van der Waals surface area contributed by atoms with Crippen LogP contribution >= 0.6 is 0 Å². The number of fused-ring (bicyclic) bond motifs is 1. The van der Waals surface area contributed by atoms with Crippen LogP contribution in [0.4, 0.5) is 4.39 Å². The first-order valence-electron chi connectivity index (χ1n) is 6.92. The molecule has 118 valence electrons. The van der Waals surface area contributed by atoms with E-state index in [1.807, 2.05) is 0 Å². The molecule has 2 aromatic carbocycles. The Labute approximate surface area is 134 Å². The molecule has 1 heterocycles. The highest BCUT2D eigenvalue weighted by molar-refractivity contribution is 7.71. The molecule has 6 heteroatoms. The topological polar surface area (TPSA) is 60.4 Å². The van der Waals surface area contributed by atoms with Gasteiger partial charge < -0.3 is 9.53 Å². The molecule has 0 radical (unpaired) electrons. The molecule has 1 aliphatic heterocycles. The number of halogens is 1. The minimum atomic E-state index is -2.48. The number of carbonyl (C=O) groups is 1. The van der Waals surface area contributed by atoms with Gasteiger partial charge in [-0.2, -0.15) is 0 Å². The van der Waals surface area contributed by atoms with Gasteiger partial charge in [0.15, 0.2) is 0 Å². The molecule has 0 N–H and O–H groups in total. The second kappa shape index (κ2) is 6.34. The van der Waals surface area contributed by atoms with E-state index in [0.29, 0.717) is 22.6 Å². The maximum absolute atomic E-state index is 13.3. The normalized spacial score (nSPS) is 16.4. The maximum atomic E-state index is 13.3. The predicted octanol–water partition coefficient (Wildman–Crippen LogP) is 2.65. The van der Waals surface area contributed by atoms with Gasteiger partial charge in [-0.15, -0.1) is 0 Å². The summed E-state index contributed by atoms with van der Waals surface area (Å²) in [5.41, 5.74) is 1.89. The highest BCUT2D eigenvalue weighted by Crippen LogP contribution is 2.36. The van der Waals surface area contributed by atoms with Crippen LogP contribution < -0.4 is 4.74 Å². The third kappa shape index (κ3) is 3.32. The summed E-state index contributed by atoms with van der Waals surface area (Å²) in [7, 11) is -2.48. The molecule has 1 unspecified atom stereocenters. The van der Waals surface area contributed by atoms with Crippen LogP contribution in [-0.2, 0) is 21.3 Å². The summed E-state index contributed by atoms with van der Waals surface area (Å²) >= 11 is 0. The molecule has 3 rings (SSSR count). The van der Waals surface area contributed by atoms with Gasteiger partial charge in [0.05, 0.1) is 11.7 Å². The molecule has 1 atom stereocenters. The van der Waals surface area contributed by atoms with E-state index in [1.54, 1.807) is 30.3 Å². The van der Waals surface area contributed by atoms with Crippen LogP contribution in [-0.4, -0.2) is 14.7 Å². The molecular weight excluding hydrogens is 319 g/mol. The number of aldehydes is 1. The largest absolute Gasteiger partial charge is 0.457 e. The number of carbonyl (C=O) groups excluding carboxylic acids is 1. The quantitative estimate of drug-likeness (QED) is 0.691. The fourth-order valence-electron chi connectivity index (χ4n) is 2.47. The highest BCUT2D eigenvalue weighted by Gasteiger charge is 2.22. The minimum Gasteiger partial charge on any atom is -0.457 e. The van der Waals surface area contributed by atoms with Crippen molar-refractivity contribution in [3.05, 3.63) is 71.0 Å². The Morgan fingerprint density at radius 3 is 2.52 bits per heavy atom. The SMILES string of the molecule is O=CC1C=C(c2ccc(C[SH](=O)=O)cc2)Oc2ccc(F)cc21. The molecule has 0 bridgehead atoms. The molecule has 2 aromatic rings. The van der Waals surface area contributed by atoms with E-state index in [-0.39, 0.29) is 5.75 Å². The monoisotopic (exact) mass is 332 g/mol. The Morgan fingerprint density at radius 1 is 1.13 bits per heavy atom. The molecule has 0 saturated heterocycles. The third-order valence-corrected chi connectivity index (χ3v) is 4.20. The van der Waals surface area contributed by atoms with Crippen LogP contribution in [0.3, 0.4) is 0 Å². The van der Waals surface area contributed by atoms with Crippen molar-refractivity contribution in [3.63, 3.8) is 0 Å². The second-order valence-electron chi connectivity index (χ2n) is 5.16. The van der Waals surface area contributed by atoms with Gasteiger partial charge in [0.2, 0.25) is 0 Å². The molecule has 4 nitrogen and oxygen atoms in total. The van der Waals surface area contributed by atoms with E-state index in [9.17, 15) is 17.6 Å². The van der Waals surface area contributed by atoms with Crippen LogP contribution in [0.1, 0.15) is 22.6 Å². The number of thiol groups is 1. The van der Waals surface area contributed by atoms with E-state index >= 15 is 0 Å². The van der Waals surface area contributed by atoms with Crippen molar-refractivity contribution in [1.29, 1.82) is 0 Å². The minimum absolute atomic E-state index is 0.0193. The van der Waals surface area contributed by atoms with Crippen LogP contribution in [0.5, 0.6) is 5.75 Å². The van der Waals surface area contributed by atoms with E-state index < -0.39 is 22.4 Å². The molecule has 23 heavy (non-hydrogen) atoms. The van der Waals surface area contributed by atoms with Crippen molar-refractivity contribution in [3.8, 4) is 5.75 Å². The van der Waals surface area contributed by atoms with Crippen LogP contribution in [0.2, 0.25) is 0 Å². The molecule has 1 aliphatic rings. The summed E-state index contributed by atoms with van der Waals surface area (Å²) in [5, 5.41) is 0. The highest BCUT2D eigenvalue weighted by atomic mass is 32.2. The lowest BCUT2D eigenvalue weighted by Crippen LogP contribution is -2.10. The van der Waals surface area contributed by atoms with Crippen LogP contribution in [0, 0.1) is 5.82 Å². The lowest BCUT2D eigenvalue weighted by Gasteiger charge is -2.22. The van der Waals surface area contributed by atoms with Gasteiger partial charge in [-0.25, -0.2) is 12.8 Å². The number of rotatable bonds is 4. The average molecular weight is 332 g/mol. The Morgan fingerprint density at radius 2 is 1.87 bits per heavy atom. The van der Waals surface area contributed by atoms with Gasteiger partial charge in [0, 0.05) is 11.1 Å². The van der Waals surface area contributed by atoms with Crippen molar-refractivity contribution in [2.45, 2.75) is 11.7 Å². The molecule has 0 aromatic heterocycles. The molecule has 0 saturated carbocycles. The zero-order valence-electron chi connectivity index (χ0n) is 11.9. The Balaban J connectivity index is 1.93. The summed E-state index contributed by atoms with van der Waals surface area (Å²) in [6, 6.07) is 10.9. The van der Waals surface area contributed by atoms with E-state index in [2.05, 4.69) is 0 Å². The standard InChI is InChI=1S/C17H13FO4S/c18-14-5-6-16-15(8-14)13(9-19)7-17(22-16)12-3-1-11(2-4-12)10-23(20)21/h1-9,13,23H,10H2. The summed E-state index contributed by atoms with van der Waals surface area (Å²) in [6.07, 6.45) is 2.36. The molecule has 0 spiro atoms. The first kappa shape index (κ1) is 15.4. The number of ether oxygens (including phenoxy) is 1. The molecule has 0 aliphatic carbocycles. The lowest BCUT2D eigenvalue weighted by molar-refractivity contribution is -0.108. The van der Waals surface area contributed by atoms with Gasteiger partial charge in [-0.05, 0) is 29.8 Å². The van der Waals surface area contributed by atoms with Gasteiger partial charge in [0.1, 0.15) is 34.3 Å². The fraction of sp³-hybridized carbons (Fsp3) is 0.118. The van der Waals surface area contributed by atoms with Gasteiger partial charge in [0.25, 0.3) is 0 Å². The third-order valence-electron chi connectivity index (χ3n) is 3.58. The summed E-state index contributed by atoms with van der Waals surface area (Å²) in [6.45, 7) is 0. The maximum Gasteiger partial charge on any atom is 0.144 e. The second-order valence-corrected chi connectivity index (χ2v) is 6.15. The van der Waals surface area contributed by atoms with Crippen LogP contribution in [0.25, 0.3) is 5.76 Å². The smallest absolute Gasteiger partial charge is 0.144 e. The zero-order valence-corrected chi connectivity index (χ0v) is 12.8. The van der Waals surface area contributed by atoms with Crippen LogP contribution in [0.15, 0.2) is 48.5 Å². The Kier molecular flexibility index (Phi) is 4.25.